The number of rotatable bonds is 6. The number of benzene rings is 2. The molecule has 3 aromatic rings. The third kappa shape index (κ3) is 5.82. The zero-order chi connectivity index (χ0) is 24.4. The topological polar surface area (TPSA) is 57.7 Å². The number of ether oxygens (including phenoxy) is 1. The minimum Gasteiger partial charge on any atom is -0.372 e. The van der Waals surface area contributed by atoms with Crippen molar-refractivity contribution < 1.29 is 13.9 Å². The van der Waals surface area contributed by atoms with Crippen LogP contribution < -0.4 is 10.2 Å². The maximum atomic E-state index is 14.8. The van der Waals surface area contributed by atoms with Gasteiger partial charge in [-0.25, -0.2) is 9.37 Å². The van der Waals surface area contributed by atoms with Gasteiger partial charge in [0.2, 0.25) is 5.91 Å². The average Bonchev–Trinajstić information content (AvgIpc) is 3.27. The second kappa shape index (κ2) is 10.6. The van der Waals surface area contributed by atoms with Gasteiger partial charge in [-0.05, 0) is 69.6 Å². The summed E-state index contributed by atoms with van der Waals surface area (Å²) in [4.78, 5) is 21.6. The molecule has 186 valence electrons. The molecule has 2 unspecified atom stereocenters. The van der Waals surface area contributed by atoms with Gasteiger partial charge < -0.3 is 15.0 Å². The van der Waals surface area contributed by atoms with E-state index in [9.17, 15) is 9.18 Å². The maximum Gasteiger partial charge on any atom is 0.234 e. The molecule has 2 aliphatic heterocycles. The highest BCUT2D eigenvalue weighted by Crippen LogP contribution is 2.33. The van der Waals surface area contributed by atoms with Gasteiger partial charge in [0.05, 0.1) is 39.7 Å². The molecule has 0 bridgehead atoms. The van der Waals surface area contributed by atoms with E-state index in [0.717, 1.165) is 37.0 Å². The Morgan fingerprint density at radius 2 is 1.89 bits per heavy atom. The highest BCUT2D eigenvalue weighted by Gasteiger charge is 2.25. The molecule has 1 amide bonds. The number of amides is 1. The summed E-state index contributed by atoms with van der Waals surface area (Å²) in [5, 5.41) is 4.17. The van der Waals surface area contributed by atoms with Crippen LogP contribution in [0.15, 0.2) is 42.5 Å². The number of hydrogen-bond acceptors (Lipinski definition) is 6. The van der Waals surface area contributed by atoms with E-state index in [-0.39, 0.29) is 23.9 Å². The molecule has 2 aliphatic rings. The van der Waals surface area contributed by atoms with Crippen LogP contribution in [0.25, 0.3) is 10.2 Å². The van der Waals surface area contributed by atoms with Crippen LogP contribution in [0.4, 0.5) is 10.1 Å². The summed E-state index contributed by atoms with van der Waals surface area (Å²) in [6.07, 6.45) is 2.17. The van der Waals surface area contributed by atoms with Gasteiger partial charge in [-0.1, -0.05) is 18.2 Å². The minimum atomic E-state index is -0.255. The summed E-state index contributed by atoms with van der Waals surface area (Å²) in [7, 11) is 0. The molecule has 1 aromatic heterocycles. The molecule has 8 heteroatoms. The standard InChI is InChI=1S/C27H33FN4O2S/c1-18-15-32(16-19(2)34-18)24-8-7-20(13-22(24)28)14-29-26(33)17-31-11-9-21(10-12-31)27-30-23-5-3-4-6-25(23)35-27/h3-8,13,18-19,21H,9-12,14-17H2,1-2H3,(H,29,33). The molecular weight excluding hydrogens is 463 g/mol. The first-order chi connectivity index (χ1) is 16.9. The van der Waals surface area contributed by atoms with Gasteiger partial charge in [0.15, 0.2) is 0 Å². The van der Waals surface area contributed by atoms with E-state index in [0.29, 0.717) is 37.8 Å². The molecule has 2 fully saturated rings. The fraction of sp³-hybridized carbons (Fsp3) is 0.481. The Balaban J connectivity index is 1.09. The van der Waals surface area contributed by atoms with Crippen LogP contribution in [-0.4, -0.2) is 60.7 Å². The third-order valence-electron chi connectivity index (χ3n) is 6.88. The number of halogens is 1. The number of morpholine rings is 1. The van der Waals surface area contributed by atoms with E-state index < -0.39 is 0 Å². The number of piperidine rings is 1. The van der Waals surface area contributed by atoms with Gasteiger partial charge in [-0.2, -0.15) is 0 Å². The molecule has 0 radical (unpaired) electrons. The van der Waals surface area contributed by atoms with Gasteiger partial charge in [0, 0.05) is 25.6 Å². The van der Waals surface area contributed by atoms with Crippen molar-refractivity contribution in [1.29, 1.82) is 0 Å². The number of anilines is 1. The van der Waals surface area contributed by atoms with Crippen LogP contribution in [0, 0.1) is 5.82 Å². The van der Waals surface area contributed by atoms with Gasteiger partial charge in [-0.3, -0.25) is 9.69 Å². The normalized spacial score (nSPS) is 22.0. The number of hydrogen-bond donors (Lipinski definition) is 1. The Labute approximate surface area is 210 Å². The molecule has 0 saturated carbocycles. The first-order valence-electron chi connectivity index (χ1n) is 12.5. The lowest BCUT2D eigenvalue weighted by Gasteiger charge is -2.37. The van der Waals surface area contributed by atoms with E-state index in [2.05, 4.69) is 28.4 Å². The summed E-state index contributed by atoms with van der Waals surface area (Å²) < 4.78 is 21.8. The molecule has 2 saturated heterocycles. The van der Waals surface area contributed by atoms with Crippen LogP contribution in [-0.2, 0) is 16.1 Å². The van der Waals surface area contributed by atoms with Gasteiger partial charge >= 0.3 is 0 Å². The quantitative estimate of drug-likeness (QED) is 0.543. The molecule has 0 spiro atoms. The van der Waals surface area contributed by atoms with Crippen molar-refractivity contribution in [2.24, 2.45) is 0 Å². The number of carbonyl (C=O) groups is 1. The molecule has 2 aromatic carbocycles. The van der Waals surface area contributed by atoms with Crippen molar-refractivity contribution in [3.63, 3.8) is 0 Å². The second-order valence-electron chi connectivity index (χ2n) is 9.80. The van der Waals surface area contributed by atoms with Crippen LogP contribution in [0.5, 0.6) is 0 Å². The van der Waals surface area contributed by atoms with Crippen LogP contribution in [0.3, 0.4) is 0 Å². The van der Waals surface area contributed by atoms with Gasteiger partial charge in [-0.15, -0.1) is 11.3 Å². The summed E-state index contributed by atoms with van der Waals surface area (Å²) >= 11 is 1.79. The SMILES string of the molecule is CC1CN(c2ccc(CNC(=O)CN3CCC(c4nc5ccccc5s4)CC3)cc2F)CC(C)O1. The maximum absolute atomic E-state index is 14.8. The lowest BCUT2D eigenvalue weighted by Crippen LogP contribution is -2.45. The number of likely N-dealkylation sites (tertiary alicyclic amines) is 1. The summed E-state index contributed by atoms with van der Waals surface area (Å²) in [6, 6.07) is 13.5. The summed E-state index contributed by atoms with van der Waals surface area (Å²) in [5.74, 6) is 0.185. The minimum absolute atomic E-state index is 0.0243. The van der Waals surface area contributed by atoms with Crippen molar-refractivity contribution in [3.05, 3.63) is 58.9 Å². The van der Waals surface area contributed by atoms with Gasteiger partial charge in [0.25, 0.3) is 0 Å². The van der Waals surface area contributed by atoms with Crippen LogP contribution >= 0.6 is 11.3 Å². The fourth-order valence-corrected chi connectivity index (χ4v) is 6.29. The number of thiazole rings is 1. The molecule has 6 nitrogen and oxygen atoms in total. The monoisotopic (exact) mass is 496 g/mol. The number of nitrogens with zero attached hydrogens (tertiary/aromatic N) is 3. The summed E-state index contributed by atoms with van der Waals surface area (Å²) in [5.41, 5.74) is 2.44. The largest absolute Gasteiger partial charge is 0.372 e. The molecular formula is C27H33FN4O2S. The van der Waals surface area contributed by atoms with Crippen LogP contribution in [0.2, 0.25) is 0 Å². The van der Waals surface area contributed by atoms with E-state index in [1.54, 1.807) is 11.3 Å². The molecule has 1 N–H and O–H groups in total. The third-order valence-corrected chi connectivity index (χ3v) is 8.08. The molecule has 5 rings (SSSR count). The van der Waals surface area contributed by atoms with Crippen molar-refractivity contribution in [2.75, 3.05) is 37.6 Å². The van der Waals surface area contributed by atoms with Gasteiger partial charge in [0.1, 0.15) is 5.82 Å². The Hall–Kier alpha value is -2.55. The number of aromatic nitrogens is 1. The Morgan fingerprint density at radius 3 is 2.60 bits per heavy atom. The molecule has 35 heavy (non-hydrogen) atoms. The van der Waals surface area contributed by atoms with Crippen molar-refractivity contribution in [2.45, 2.75) is 51.4 Å². The predicted octanol–water partition coefficient (Wildman–Crippen LogP) is 4.54. The predicted molar refractivity (Wildman–Crippen MR) is 139 cm³/mol. The molecule has 0 aliphatic carbocycles. The van der Waals surface area contributed by atoms with E-state index in [1.807, 2.05) is 36.9 Å². The van der Waals surface area contributed by atoms with E-state index in [1.165, 1.54) is 15.8 Å². The smallest absolute Gasteiger partial charge is 0.234 e. The Bertz CT molecular complexity index is 1130. The lowest BCUT2D eigenvalue weighted by molar-refractivity contribution is -0.122. The van der Waals surface area contributed by atoms with Crippen molar-refractivity contribution >= 4 is 33.1 Å². The van der Waals surface area contributed by atoms with E-state index >= 15 is 0 Å². The van der Waals surface area contributed by atoms with Crippen LogP contribution in [0.1, 0.15) is 43.2 Å². The fourth-order valence-electron chi connectivity index (χ4n) is 5.15. The number of para-hydroxylation sites is 1. The number of fused-ring (bicyclic) bond motifs is 1. The molecule has 2 atom stereocenters. The zero-order valence-electron chi connectivity index (χ0n) is 20.4. The second-order valence-corrected chi connectivity index (χ2v) is 10.9. The Kier molecular flexibility index (Phi) is 7.32. The van der Waals surface area contributed by atoms with Crippen molar-refractivity contribution in [3.8, 4) is 0 Å². The lowest BCUT2D eigenvalue weighted by atomic mass is 9.97. The number of nitrogens with one attached hydrogen (secondary N) is 1. The first kappa shape index (κ1) is 24.2. The summed E-state index contributed by atoms with van der Waals surface area (Å²) in [6.45, 7) is 7.83. The number of carbonyl (C=O) groups excluding carboxylic acids is 1. The first-order valence-corrected chi connectivity index (χ1v) is 13.3. The average molecular weight is 497 g/mol. The highest BCUT2D eigenvalue weighted by atomic mass is 32.1. The molecule has 3 heterocycles. The highest BCUT2D eigenvalue weighted by molar-refractivity contribution is 7.18. The van der Waals surface area contributed by atoms with Crippen molar-refractivity contribution in [1.82, 2.24) is 15.2 Å². The zero-order valence-corrected chi connectivity index (χ0v) is 21.2. The van der Waals surface area contributed by atoms with E-state index in [4.69, 9.17) is 9.72 Å². The Morgan fingerprint density at radius 1 is 1.14 bits per heavy atom.